The summed E-state index contributed by atoms with van der Waals surface area (Å²) in [6.07, 6.45) is 15.4. The first kappa shape index (κ1) is 7.61. The predicted octanol–water partition coefficient (Wildman–Crippen LogP) is 3.76. The molecule has 0 saturated heterocycles. The van der Waals surface area contributed by atoms with E-state index in [0.717, 1.165) is 5.92 Å². The van der Waals surface area contributed by atoms with Gasteiger partial charge in [0, 0.05) is 5.92 Å². The molecule has 0 N–H and O–H groups in total. The third-order valence-electron chi connectivity index (χ3n) is 3.67. The van der Waals surface area contributed by atoms with Gasteiger partial charge in [0.05, 0.1) is 0 Å². The smallest absolute Gasteiger partial charge is 0.00194 e. The predicted molar refractivity (Wildman–Crippen MR) is 55.4 cm³/mol. The highest BCUT2D eigenvalue weighted by Gasteiger charge is 2.28. The molecule has 1 fully saturated rings. The van der Waals surface area contributed by atoms with E-state index in [2.05, 4.69) is 18.2 Å². The summed E-state index contributed by atoms with van der Waals surface area (Å²) in [4.78, 5) is 0. The van der Waals surface area contributed by atoms with Crippen molar-refractivity contribution in [1.29, 1.82) is 0 Å². The Morgan fingerprint density at radius 2 is 2.15 bits per heavy atom. The van der Waals surface area contributed by atoms with Crippen molar-refractivity contribution in [3.8, 4) is 0 Å². The fourth-order valence-corrected chi connectivity index (χ4v) is 3.02. The number of hydrogen-bond donors (Lipinski definition) is 0. The zero-order valence-electron chi connectivity index (χ0n) is 8.05. The second-order valence-corrected chi connectivity index (χ2v) is 4.44. The van der Waals surface area contributed by atoms with E-state index < -0.39 is 0 Å². The van der Waals surface area contributed by atoms with Crippen LogP contribution in [0.25, 0.3) is 0 Å². The fourth-order valence-electron chi connectivity index (χ4n) is 3.02. The van der Waals surface area contributed by atoms with E-state index in [-0.39, 0.29) is 0 Å². The van der Waals surface area contributed by atoms with Gasteiger partial charge in [-0.2, -0.15) is 0 Å². The Morgan fingerprint density at radius 1 is 1.15 bits per heavy atom. The van der Waals surface area contributed by atoms with Gasteiger partial charge in [-0.15, -0.1) is 0 Å². The van der Waals surface area contributed by atoms with Crippen molar-refractivity contribution in [2.75, 3.05) is 0 Å². The van der Waals surface area contributed by atoms with Crippen LogP contribution in [0.5, 0.6) is 0 Å². The zero-order chi connectivity index (χ0) is 8.67. The Morgan fingerprint density at radius 3 is 3.15 bits per heavy atom. The molecule has 1 atom stereocenters. The standard InChI is InChI=1S/C13H16/c1-3-7-12-10(5-1)9-11-6-2-4-8-13(11)12/h1,5,9,13H,2-4,6-8H2. The molecule has 1 unspecified atom stereocenters. The highest BCUT2D eigenvalue weighted by atomic mass is 14.3. The maximum absolute atomic E-state index is 2.47. The Kier molecular flexibility index (Phi) is 1.68. The van der Waals surface area contributed by atoms with Crippen LogP contribution in [0.2, 0.25) is 0 Å². The van der Waals surface area contributed by atoms with E-state index >= 15 is 0 Å². The molecule has 0 radical (unpaired) electrons. The van der Waals surface area contributed by atoms with Crippen LogP contribution in [-0.2, 0) is 0 Å². The normalized spacial score (nSPS) is 31.4. The Balaban J connectivity index is 1.97. The van der Waals surface area contributed by atoms with Crippen molar-refractivity contribution < 1.29 is 0 Å². The first-order valence-corrected chi connectivity index (χ1v) is 5.55. The van der Waals surface area contributed by atoms with Gasteiger partial charge in [-0.25, -0.2) is 0 Å². The van der Waals surface area contributed by atoms with Gasteiger partial charge < -0.3 is 0 Å². The molecular weight excluding hydrogens is 156 g/mol. The van der Waals surface area contributed by atoms with Gasteiger partial charge in [-0.1, -0.05) is 35.8 Å². The molecule has 0 heteroatoms. The largest absolute Gasteiger partial charge is 0.0836 e. The lowest BCUT2D eigenvalue weighted by molar-refractivity contribution is 0.498. The van der Waals surface area contributed by atoms with E-state index in [1.807, 2.05) is 0 Å². The average Bonchev–Trinajstić information content (AvgIpc) is 2.56. The molecule has 0 aromatic carbocycles. The molecule has 1 saturated carbocycles. The summed E-state index contributed by atoms with van der Waals surface area (Å²) in [6, 6.07) is 0. The zero-order valence-corrected chi connectivity index (χ0v) is 8.05. The van der Waals surface area contributed by atoms with Gasteiger partial charge >= 0.3 is 0 Å². The van der Waals surface area contributed by atoms with Gasteiger partial charge in [0.2, 0.25) is 0 Å². The number of fused-ring (bicyclic) bond motifs is 2. The van der Waals surface area contributed by atoms with Crippen LogP contribution in [0.3, 0.4) is 0 Å². The van der Waals surface area contributed by atoms with Crippen LogP contribution >= 0.6 is 0 Å². The van der Waals surface area contributed by atoms with Crippen molar-refractivity contribution in [2.45, 2.75) is 38.5 Å². The van der Waals surface area contributed by atoms with Gasteiger partial charge in [0.1, 0.15) is 0 Å². The third-order valence-corrected chi connectivity index (χ3v) is 3.67. The number of rotatable bonds is 0. The molecule has 0 bridgehead atoms. The van der Waals surface area contributed by atoms with E-state index in [9.17, 15) is 0 Å². The quantitative estimate of drug-likeness (QED) is 0.522. The maximum atomic E-state index is 2.47. The van der Waals surface area contributed by atoms with Gasteiger partial charge in [-0.05, 0) is 37.7 Å². The number of hydrogen-bond acceptors (Lipinski definition) is 0. The molecule has 0 nitrogen and oxygen atoms in total. The fraction of sp³-hybridized carbons (Fsp3) is 0.538. The SMILES string of the molecule is C1=CC2=C(CC1)C1CCCCC1=C2. The van der Waals surface area contributed by atoms with E-state index in [1.54, 1.807) is 16.7 Å². The lowest BCUT2D eigenvalue weighted by Crippen LogP contribution is -2.10. The second kappa shape index (κ2) is 2.87. The van der Waals surface area contributed by atoms with E-state index in [0.29, 0.717) is 0 Å². The molecule has 0 aromatic heterocycles. The first-order valence-electron chi connectivity index (χ1n) is 5.55. The Labute approximate surface area is 80.0 Å². The summed E-state index contributed by atoms with van der Waals surface area (Å²) >= 11 is 0. The second-order valence-electron chi connectivity index (χ2n) is 4.44. The summed E-state index contributed by atoms with van der Waals surface area (Å²) in [6.45, 7) is 0. The minimum Gasteiger partial charge on any atom is -0.0836 e. The monoisotopic (exact) mass is 172 g/mol. The van der Waals surface area contributed by atoms with Crippen LogP contribution in [0.1, 0.15) is 38.5 Å². The van der Waals surface area contributed by atoms with Crippen LogP contribution in [0.15, 0.2) is 34.9 Å². The maximum Gasteiger partial charge on any atom is 0.00194 e. The third kappa shape index (κ3) is 1.12. The molecule has 0 aliphatic heterocycles. The van der Waals surface area contributed by atoms with Gasteiger partial charge in [0.15, 0.2) is 0 Å². The lowest BCUT2D eigenvalue weighted by Gasteiger charge is -2.24. The van der Waals surface area contributed by atoms with Crippen LogP contribution in [-0.4, -0.2) is 0 Å². The molecular formula is C13H16. The molecule has 0 spiro atoms. The molecule has 68 valence electrons. The van der Waals surface area contributed by atoms with Crippen molar-refractivity contribution >= 4 is 0 Å². The molecule has 13 heavy (non-hydrogen) atoms. The molecule has 3 aliphatic carbocycles. The topological polar surface area (TPSA) is 0 Å². The van der Waals surface area contributed by atoms with Crippen LogP contribution in [0.4, 0.5) is 0 Å². The van der Waals surface area contributed by atoms with Gasteiger partial charge in [0.25, 0.3) is 0 Å². The molecule has 0 heterocycles. The summed E-state index contributed by atoms with van der Waals surface area (Å²) in [5, 5.41) is 0. The van der Waals surface area contributed by atoms with Crippen LogP contribution < -0.4 is 0 Å². The van der Waals surface area contributed by atoms with E-state index in [1.165, 1.54) is 38.5 Å². The summed E-state index contributed by atoms with van der Waals surface area (Å²) < 4.78 is 0. The summed E-state index contributed by atoms with van der Waals surface area (Å²) in [5.74, 6) is 0.869. The van der Waals surface area contributed by atoms with Gasteiger partial charge in [-0.3, -0.25) is 0 Å². The van der Waals surface area contributed by atoms with Crippen molar-refractivity contribution in [1.82, 2.24) is 0 Å². The summed E-state index contributed by atoms with van der Waals surface area (Å²) in [7, 11) is 0. The highest BCUT2D eigenvalue weighted by molar-refractivity contribution is 5.50. The van der Waals surface area contributed by atoms with Crippen molar-refractivity contribution in [3.63, 3.8) is 0 Å². The Bertz CT molecular complexity index is 315. The molecule has 3 aliphatic rings. The average molecular weight is 172 g/mol. The molecule has 0 amide bonds. The number of allylic oxidation sites excluding steroid dienone is 6. The summed E-state index contributed by atoms with van der Waals surface area (Å²) in [5.41, 5.74) is 5.06. The minimum atomic E-state index is 0.869. The molecule has 0 aromatic rings. The minimum absolute atomic E-state index is 0.869. The Hall–Kier alpha value is -0.780. The first-order chi connectivity index (χ1) is 6.45. The molecule has 3 rings (SSSR count). The van der Waals surface area contributed by atoms with E-state index in [4.69, 9.17) is 0 Å². The van der Waals surface area contributed by atoms with Crippen LogP contribution in [0, 0.1) is 5.92 Å². The van der Waals surface area contributed by atoms with Crippen molar-refractivity contribution in [3.05, 3.63) is 34.9 Å². The highest BCUT2D eigenvalue weighted by Crippen LogP contribution is 2.44. The lowest BCUT2D eigenvalue weighted by atomic mass is 9.80. The van der Waals surface area contributed by atoms with Crippen molar-refractivity contribution in [2.24, 2.45) is 5.92 Å².